The van der Waals surface area contributed by atoms with E-state index in [1.807, 2.05) is 0 Å². The molecule has 0 aromatic heterocycles. The van der Waals surface area contributed by atoms with Gasteiger partial charge in [-0.2, -0.15) is 0 Å². The molecule has 1 amide bonds. The second-order valence-electron chi connectivity index (χ2n) is 5.90. The highest BCUT2D eigenvalue weighted by molar-refractivity contribution is 14.0. The summed E-state index contributed by atoms with van der Waals surface area (Å²) in [6.45, 7) is 11.7. The quantitative estimate of drug-likeness (QED) is 0.409. The molecule has 0 aliphatic heterocycles. The van der Waals surface area contributed by atoms with Gasteiger partial charge in [-0.15, -0.1) is 24.0 Å². The molecule has 0 spiro atoms. The van der Waals surface area contributed by atoms with E-state index >= 15 is 0 Å². The molecule has 5 nitrogen and oxygen atoms in total. The topological polar surface area (TPSA) is 56.7 Å². The number of hydrogen-bond acceptors (Lipinski definition) is 2. The molecule has 0 saturated heterocycles. The average Bonchev–Trinajstić information content (AvgIpc) is 2.31. The second kappa shape index (κ2) is 11.2. The van der Waals surface area contributed by atoms with Gasteiger partial charge in [0.2, 0.25) is 5.91 Å². The van der Waals surface area contributed by atoms with Crippen LogP contribution in [-0.4, -0.2) is 50.0 Å². The fourth-order valence-corrected chi connectivity index (χ4v) is 1.12. The Morgan fingerprint density at radius 3 is 2.10 bits per heavy atom. The molecule has 1 atom stereocenters. The number of nitrogens with zero attached hydrogens (tertiary/aromatic N) is 2. The largest absolute Gasteiger partial charge is 0.356 e. The molecule has 0 aromatic carbocycles. The van der Waals surface area contributed by atoms with Crippen molar-refractivity contribution >= 4 is 35.8 Å². The minimum atomic E-state index is 0. The molecule has 6 heteroatoms. The van der Waals surface area contributed by atoms with Gasteiger partial charge in [-0.3, -0.25) is 4.79 Å². The third-order valence-electron chi connectivity index (χ3n) is 2.91. The minimum Gasteiger partial charge on any atom is -0.356 e. The molecule has 0 aromatic rings. The lowest BCUT2D eigenvalue weighted by Gasteiger charge is -2.22. The van der Waals surface area contributed by atoms with Crippen molar-refractivity contribution in [3.05, 3.63) is 0 Å². The normalized spacial score (nSPS) is 12.9. The van der Waals surface area contributed by atoms with Crippen LogP contribution in [0.15, 0.2) is 4.99 Å². The summed E-state index contributed by atoms with van der Waals surface area (Å²) in [7, 11) is 3.48. The van der Waals surface area contributed by atoms with Gasteiger partial charge in [-0.05, 0) is 18.8 Å². The number of aliphatic imine (C=N–C) groups is 1. The Morgan fingerprint density at radius 1 is 1.15 bits per heavy atom. The maximum Gasteiger partial charge on any atom is 0.243 e. The van der Waals surface area contributed by atoms with Gasteiger partial charge in [0.15, 0.2) is 5.96 Å². The first-order chi connectivity index (χ1) is 8.73. The lowest BCUT2D eigenvalue weighted by atomic mass is 10.1. The van der Waals surface area contributed by atoms with E-state index in [2.05, 4.69) is 50.2 Å². The Hall–Kier alpha value is -0.530. The molecule has 2 N–H and O–H groups in total. The monoisotopic (exact) mass is 398 g/mol. The van der Waals surface area contributed by atoms with Gasteiger partial charge in [-0.1, -0.05) is 27.7 Å². The number of halogens is 1. The standard InChI is InChI=1S/C14H30N4O.HI/c1-10(2)8-15-14(17-12(5)11(3)4)16-9-13(19)18(6)7;/h10-12H,8-9H2,1-7H3,(H2,15,16,17);1H. The van der Waals surface area contributed by atoms with E-state index < -0.39 is 0 Å². The van der Waals surface area contributed by atoms with E-state index in [1.165, 1.54) is 0 Å². The van der Waals surface area contributed by atoms with Crippen LogP contribution >= 0.6 is 24.0 Å². The van der Waals surface area contributed by atoms with Crippen LogP contribution in [0.2, 0.25) is 0 Å². The molecule has 120 valence electrons. The van der Waals surface area contributed by atoms with Crippen LogP contribution in [0.3, 0.4) is 0 Å². The Labute approximate surface area is 141 Å². The van der Waals surface area contributed by atoms with E-state index in [-0.39, 0.29) is 36.4 Å². The zero-order valence-corrected chi connectivity index (χ0v) is 16.2. The third kappa shape index (κ3) is 10.3. The fourth-order valence-electron chi connectivity index (χ4n) is 1.12. The minimum absolute atomic E-state index is 0. The van der Waals surface area contributed by atoms with Crippen LogP contribution in [0.4, 0.5) is 0 Å². The maximum absolute atomic E-state index is 11.6. The summed E-state index contributed by atoms with van der Waals surface area (Å²) in [6.07, 6.45) is 0. The number of rotatable bonds is 6. The van der Waals surface area contributed by atoms with Crippen molar-refractivity contribution in [1.82, 2.24) is 15.5 Å². The zero-order chi connectivity index (χ0) is 15.0. The molecule has 0 fully saturated rings. The van der Waals surface area contributed by atoms with Gasteiger partial charge < -0.3 is 15.5 Å². The number of amides is 1. The molecule has 0 saturated carbocycles. The van der Waals surface area contributed by atoms with Crippen LogP contribution in [0, 0.1) is 11.8 Å². The highest BCUT2D eigenvalue weighted by Crippen LogP contribution is 1.99. The molecule has 0 heterocycles. The van der Waals surface area contributed by atoms with Gasteiger partial charge in [0.25, 0.3) is 0 Å². The number of carbonyl (C=O) groups excluding carboxylic acids is 1. The SMILES string of the molecule is CC(C)CNC(=NCC(=O)N(C)C)NC(C)C(C)C.I. The number of hydrogen-bond donors (Lipinski definition) is 2. The molecule has 0 aliphatic carbocycles. The number of guanidine groups is 1. The summed E-state index contributed by atoms with van der Waals surface area (Å²) < 4.78 is 0. The maximum atomic E-state index is 11.6. The fraction of sp³-hybridized carbons (Fsp3) is 0.857. The van der Waals surface area contributed by atoms with Crippen molar-refractivity contribution in [2.75, 3.05) is 27.2 Å². The van der Waals surface area contributed by atoms with Gasteiger partial charge in [0.05, 0.1) is 0 Å². The Bertz CT molecular complexity index is 304. The van der Waals surface area contributed by atoms with Crippen LogP contribution in [-0.2, 0) is 4.79 Å². The molecular formula is C14H31IN4O. The van der Waals surface area contributed by atoms with Gasteiger partial charge >= 0.3 is 0 Å². The molecule has 1 unspecified atom stereocenters. The van der Waals surface area contributed by atoms with Crippen molar-refractivity contribution in [2.45, 2.75) is 40.7 Å². The van der Waals surface area contributed by atoms with E-state index in [1.54, 1.807) is 19.0 Å². The molecule has 0 bridgehead atoms. The average molecular weight is 398 g/mol. The summed E-state index contributed by atoms with van der Waals surface area (Å²) in [5.41, 5.74) is 0. The predicted octanol–water partition coefficient (Wildman–Crippen LogP) is 1.93. The molecular weight excluding hydrogens is 367 g/mol. The van der Waals surface area contributed by atoms with Crippen molar-refractivity contribution in [2.24, 2.45) is 16.8 Å². The van der Waals surface area contributed by atoms with Crippen LogP contribution < -0.4 is 10.6 Å². The number of likely N-dealkylation sites (N-methyl/N-ethyl adjacent to an activating group) is 1. The lowest BCUT2D eigenvalue weighted by molar-refractivity contribution is -0.127. The van der Waals surface area contributed by atoms with E-state index in [9.17, 15) is 4.79 Å². The second-order valence-corrected chi connectivity index (χ2v) is 5.90. The lowest BCUT2D eigenvalue weighted by Crippen LogP contribution is -2.45. The van der Waals surface area contributed by atoms with E-state index in [0.29, 0.717) is 23.8 Å². The summed E-state index contributed by atoms with van der Waals surface area (Å²) in [6, 6.07) is 0.313. The Morgan fingerprint density at radius 2 is 1.70 bits per heavy atom. The zero-order valence-electron chi connectivity index (χ0n) is 13.9. The molecule has 0 radical (unpaired) electrons. The first-order valence-electron chi connectivity index (χ1n) is 6.99. The number of carbonyl (C=O) groups is 1. The molecule has 20 heavy (non-hydrogen) atoms. The Balaban J connectivity index is 0. The first-order valence-corrected chi connectivity index (χ1v) is 6.99. The highest BCUT2D eigenvalue weighted by atomic mass is 127. The van der Waals surface area contributed by atoms with E-state index in [4.69, 9.17) is 0 Å². The number of nitrogens with one attached hydrogen (secondary N) is 2. The van der Waals surface area contributed by atoms with Crippen LogP contribution in [0.1, 0.15) is 34.6 Å². The van der Waals surface area contributed by atoms with Crippen molar-refractivity contribution in [1.29, 1.82) is 0 Å². The summed E-state index contributed by atoms with van der Waals surface area (Å²) >= 11 is 0. The first kappa shape index (κ1) is 21.8. The summed E-state index contributed by atoms with van der Waals surface area (Å²) in [4.78, 5) is 17.5. The van der Waals surface area contributed by atoms with Gasteiger partial charge in [0, 0.05) is 26.7 Å². The van der Waals surface area contributed by atoms with Crippen molar-refractivity contribution in [3.8, 4) is 0 Å². The molecule has 0 rings (SSSR count). The molecule has 0 aliphatic rings. The van der Waals surface area contributed by atoms with Crippen molar-refractivity contribution < 1.29 is 4.79 Å². The van der Waals surface area contributed by atoms with E-state index in [0.717, 1.165) is 6.54 Å². The van der Waals surface area contributed by atoms with Crippen LogP contribution in [0.25, 0.3) is 0 Å². The predicted molar refractivity (Wildman–Crippen MR) is 96.7 cm³/mol. The summed E-state index contributed by atoms with van der Waals surface area (Å²) in [5.74, 6) is 1.76. The van der Waals surface area contributed by atoms with Crippen LogP contribution in [0.5, 0.6) is 0 Å². The third-order valence-corrected chi connectivity index (χ3v) is 2.91. The Kier molecular flexibility index (Phi) is 12.1. The summed E-state index contributed by atoms with van der Waals surface area (Å²) in [5, 5.41) is 6.60. The van der Waals surface area contributed by atoms with Crippen molar-refractivity contribution in [3.63, 3.8) is 0 Å². The van der Waals surface area contributed by atoms with Gasteiger partial charge in [0.1, 0.15) is 6.54 Å². The smallest absolute Gasteiger partial charge is 0.243 e. The highest BCUT2D eigenvalue weighted by Gasteiger charge is 2.10. The van der Waals surface area contributed by atoms with Gasteiger partial charge in [-0.25, -0.2) is 4.99 Å².